The number of hydrogen-bond donors (Lipinski definition) is 1. The molecule has 0 fully saturated rings. The zero-order valence-electron chi connectivity index (χ0n) is 19.3. The summed E-state index contributed by atoms with van der Waals surface area (Å²) in [6.45, 7) is 0.939. The van der Waals surface area contributed by atoms with Gasteiger partial charge in [0.2, 0.25) is 0 Å². The smallest absolute Gasteiger partial charge is 0.321 e. The molecule has 174 valence electrons. The number of nitrogens with zero attached hydrogens (tertiary/aromatic N) is 2. The van der Waals surface area contributed by atoms with Crippen molar-refractivity contribution in [3.05, 3.63) is 120 Å². The third-order valence-corrected chi connectivity index (χ3v) is 7.02. The van der Waals surface area contributed by atoms with Crippen LogP contribution in [-0.2, 0) is 13.1 Å². The van der Waals surface area contributed by atoms with Crippen LogP contribution in [-0.4, -0.2) is 23.9 Å². The van der Waals surface area contributed by atoms with Crippen LogP contribution < -0.4 is 10.2 Å². The third kappa shape index (κ3) is 5.08. The van der Waals surface area contributed by atoms with Gasteiger partial charge < -0.3 is 15.1 Å². The minimum Gasteiger partial charge on any atom is -0.323 e. The second kappa shape index (κ2) is 10.1. The number of nitrogens with one attached hydrogen (secondary N) is 1. The van der Waals surface area contributed by atoms with Gasteiger partial charge in [0, 0.05) is 29.1 Å². The summed E-state index contributed by atoms with van der Waals surface area (Å²) in [6, 6.07) is 33.0. The molecule has 3 amide bonds. The summed E-state index contributed by atoms with van der Waals surface area (Å²) in [5.41, 5.74) is 4.20. The second-order valence-electron chi connectivity index (χ2n) is 8.43. The lowest BCUT2D eigenvalue weighted by atomic mass is 10.1. The van der Waals surface area contributed by atoms with Gasteiger partial charge in [0.25, 0.3) is 5.91 Å². The molecular formula is C29H25N3O2S. The Hall–Kier alpha value is -4.03. The van der Waals surface area contributed by atoms with Gasteiger partial charge in [-0.15, -0.1) is 0 Å². The molecule has 5 nitrogen and oxygen atoms in total. The molecule has 4 aromatic carbocycles. The van der Waals surface area contributed by atoms with Crippen LogP contribution in [0.25, 0.3) is 0 Å². The van der Waals surface area contributed by atoms with Crippen molar-refractivity contribution in [1.29, 1.82) is 0 Å². The second-order valence-corrected chi connectivity index (χ2v) is 9.51. The minimum absolute atomic E-state index is 0.0552. The van der Waals surface area contributed by atoms with Gasteiger partial charge in [-0.2, -0.15) is 0 Å². The Kier molecular flexibility index (Phi) is 6.55. The highest BCUT2D eigenvalue weighted by atomic mass is 32.2. The molecule has 4 aromatic rings. The number of carbonyl (C=O) groups is 2. The highest BCUT2D eigenvalue weighted by Crippen LogP contribution is 2.43. The predicted octanol–water partition coefficient (Wildman–Crippen LogP) is 6.66. The van der Waals surface area contributed by atoms with Crippen LogP contribution in [0, 0.1) is 0 Å². The molecule has 0 saturated carbocycles. The quantitative estimate of drug-likeness (QED) is 0.348. The zero-order valence-corrected chi connectivity index (χ0v) is 20.2. The first kappa shape index (κ1) is 22.7. The zero-order chi connectivity index (χ0) is 24.2. The van der Waals surface area contributed by atoms with Crippen molar-refractivity contribution >= 4 is 35.1 Å². The minimum atomic E-state index is -0.209. The van der Waals surface area contributed by atoms with Crippen molar-refractivity contribution in [2.24, 2.45) is 0 Å². The number of amides is 3. The summed E-state index contributed by atoms with van der Waals surface area (Å²) < 4.78 is 0. The largest absolute Gasteiger partial charge is 0.323 e. The third-order valence-electron chi connectivity index (χ3n) is 5.88. The summed E-state index contributed by atoms with van der Waals surface area (Å²) in [6.07, 6.45) is 0. The van der Waals surface area contributed by atoms with Crippen molar-refractivity contribution in [2.75, 3.05) is 17.3 Å². The van der Waals surface area contributed by atoms with Crippen LogP contribution in [0.2, 0.25) is 0 Å². The number of fused-ring (bicyclic) bond motifs is 2. The molecule has 0 aliphatic carbocycles. The Morgan fingerprint density at radius 1 is 0.829 bits per heavy atom. The molecule has 0 spiro atoms. The maximum atomic E-state index is 13.7. The highest BCUT2D eigenvalue weighted by Gasteiger charge is 2.28. The van der Waals surface area contributed by atoms with Gasteiger partial charge in [0.1, 0.15) is 0 Å². The predicted molar refractivity (Wildman–Crippen MR) is 141 cm³/mol. The Balaban J connectivity index is 1.45. The molecule has 0 atom stereocenters. The topological polar surface area (TPSA) is 52.7 Å². The Bertz CT molecular complexity index is 1360. The fraction of sp³-hybridized carbons (Fsp3) is 0.103. The molecule has 6 heteroatoms. The van der Waals surface area contributed by atoms with E-state index in [-0.39, 0.29) is 11.9 Å². The summed E-state index contributed by atoms with van der Waals surface area (Å²) in [4.78, 5) is 31.9. The molecule has 1 heterocycles. The molecular weight excluding hydrogens is 454 g/mol. The average molecular weight is 480 g/mol. The van der Waals surface area contributed by atoms with Gasteiger partial charge in [0.15, 0.2) is 0 Å². The molecule has 1 aliphatic rings. The van der Waals surface area contributed by atoms with Crippen molar-refractivity contribution < 1.29 is 9.59 Å². The number of carbonyl (C=O) groups excluding carboxylic acids is 2. The van der Waals surface area contributed by atoms with Crippen LogP contribution >= 0.6 is 11.8 Å². The van der Waals surface area contributed by atoms with E-state index in [0.717, 1.165) is 26.6 Å². The van der Waals surface area contributed by atoms with Crippen molar-refractivity contribution in [2.45, 2.75) is 22.9 Å². The average Bonchev–Trinajstić information content (AvgIpc) is 3.00. The van der Waals surface area contributed by atoms with E-state index in [4.69, 9.17) is 0 Å². The Labute approximate surface area is 209 Å². The van der Waals surface area contributed by atoms with Crippen LogP contribution in [0.3, 0.4) is 0 Å². The first-order valence-corrected chi connectivity index (χ1v) is 12.2. The Morgan fingerprint density at radius 3 is 2.23 bits per heavy atom. The van der Waals surface area contributed by atoms with Gasteiger partial charge >= 0.3 is 6.03 Å². The number of anilines is 2. The summed E-state index contributed by atoms with van der Waals surface area (Å²) in [5.74, 6) is -0.0552. The van der Waals surface area contributed by atoms with Crippen LogP contribution in [0.5, 0.6) is 0 Å². The molecule has 0 bridgehead atoms. The monoisotopic (exact) mass is 479 g/mol. The standard InChI is InChI=1S/C29H25N3O2S/c1-31(19-21-10-4-2-5-11-21)29(34)30-23-16-17-27-25(18-23)32(20-22-12-6-3-7-13-22)28(33)24-14-8-9-15-26(24)35-27/h2-18H,19-20H2,1H3,(H,30,34). The molecule has 1 aliphatic heterocycles. The maximum absolute atomic E-state index is 13.7. The fourth-order valence-electron chi connectivity index (χ4n) is 4.07. The van der Waals surface area contributed by atoms with Gasteiger partial charge in [-0.1, -0.05) is 84.6 Å². The summed E-state index contributed by atoms with van der Waals surface area (Å²) in [7, 11) is 1.77. The van der Waals surface area contributed by atoms with Gasteiger partial charge in [0.05, 0.1) is 17.8 Å². The summed E-state index contributed by atoms with van der Waals surface area (Å²) in [5, 5.41) is 2.99. The van der Waals surface area contributed by atoms with E-state index in [1.165, 1.54) is 0 Å². The van der Waals surface area contributed by atoms with Crippen LogP contribution in [0.15, 0.2) is 113 Å². The van der Waals surface area contributed by atoms with Crippen molar-refractivity contribution in [3.8, 4) is 0 Å². The molecule has 0 saturated heterocycles. The fourth-order valence-corrected chi connectivity index (χ4v) is 5.13. The molecule has 35 heavy (non-hydrogen) atoms. The lowest BCUT2D eigenvalue weighted by Crippen LogP contribution is -2.32. The molecule has 5 rings (SSSR count). The van der Waals surface area contributed by atoms with Gasteiger partial charge in [-0.25, -0.2) is 4.79 Å². The number of urea groups is 1. The maximum Gasteiger partial charge on any atom is 0.321 e. The Morgan fingerprint density at radius 2 is 1.49 bits per heavy atom. The lowest BCUT2D eigenvalue weighted by molar-refractivity contribution is 0.0982. The van der Waals surface area contributed by atoms with E-state index in [9.17, 15) is 9.59 Å². The van der Waals surface area contributed by atoms with E-state index in [1.807, 2.05) is 103 Å². The van der Waals surface area contributed by atoms with E-state index < -0.39 is 0 Å². The van der Waals surface area contributed by atoms with E-state index in [0.29, 0.717) is 24.3 Å². The van der Waals surface area contributed by atoms with Crippen molar-refractivity contribution in [3.63, 3.8) is 0 Å². The molecule has 1 N–H and O–H groups in total. The first-order valence-electron chi connectivity index (χ1n) is 11.4. The van der Waals surface area contributed by atoms with Gasteiger partial charge in [-0.3, -0.25) is 4.79 Å². The van der Waals surface area contributed by atoms with Gasteiger partial charge in [-0.05, 0) is 41.5 Å². The number of hydrogen-bond acceptors (Lipinski definition) is 3. The molecule has 0 aromatic heterocycles. The normalized spacial score (nSPS) is 12.4. The van der Waals surface area contributed by atoms with E-state index >= 15 is 0 Å². The van der Waals surface area contributed by atoms with Crippen molar-refractivity contribution in [1.82, 2.24) is 4.90 Å². The molecule has 0 radical (unpaired) electrons. The summed E-state index contributed by atoms with van der Waals surface area (Å²) >= 11 is 1.57. The first-order chi connectivity index (χ1) is 17.1. The van der Waals surface area contributed by atoms with E-state index in [1.54, 1.807) is 28.6 Å². The van der Waals surface area contributed by atoms with E-state index in [2.05, 4.69) is 5.32 Å². The van der Waals surface area contributed by atoms with Crippen LogP contribution in [0.4, 0.5) is 16.2 Å². The van der Waals surface area contributed by atoms with Crippen LogP contribution in [0.1, 0.15) is 21.5 Å². The molecule has 0 unspecified atom stereocenters. The highest BCUT2D eigenvalue weighted by molar-refractivity contribution is 7.99. The number of rotatable bonds is 5. The lowest BCUT2D eigenvalue weighted by Gasteiger charge is -2.24. The number of benzene rings is 4. The SMILES string of the molecule is CN(Cc1ccccc1)C(=O)Nc1ccc2c(c1)N(Cc1ccccc1)C(=O)c1ccccc1S2.